The number of hydrogen-bond acceptors (Lipinski definition) is 3. The molecule has 1 saturated carbocycles. The highest BCUT2D eigenvalue weighted by Gasteiger charge is 2.44. The van der Waals surface area contributed by atoms with E-state index in [0.717, 1.165) is 19.0 Å². The second kappa shape index (κ2) is 4.36. The first kappa shape index (κ1) is 13.0. The van der Waals surface area contributed by atoms with Gasteiger partial charge in [-0.3, -0.25) is 0 Å². The van der Waals surface area contributed by atoms with Crippen LogP contribution in [-0.4, -0.2) is 11.5 Å². The maximum absolute atomic E-state index is 4.69. The first-order valence-electron chi connectivity index (χ1n) is 6.45. The molecule has 0 radical (unpaired) electrons. The molecule has 3 heteroatoms. The first-order chi connectivity index (χ1) is 7.79. The quantitative estimate of drug-likeness (QED) is 0.886. The van der Waals surface area contributed by atoms with Gasteiger partial charge in [-0.05, 0) is 24.3 Å². The minimum atomic E-state index is 0.182. The van der Waals surface area contributed by atoms with E-state index in [1.165, 1.54) is 17.1 Å². The lowest BCUT2D eigenvalue weighted by molar-refractivity contribution is 0.516. The molecule has 0 aromatic carbocycles. The highest BCUT2D eigenvalue weighted by atomic mass is 32.1. The Bertz CT molecular complexity index is 387. The number of thiazole rings is 1. The average molecular weight is 252 g/mol. The van der Waals surface area contributed by atoms with E-state index in [4.69, 9.17) is 4.98 Å². The van der Waals surface area contributed by atoms with E-state index in [-0.39, 0.29) is 5.41 Å². The summed E-state index contributed by atoms with van der Waals surface area (Å²) in [6, 6.07) is 0. The molecule has 1 aliphatic carbocycles. The van der Waals surface area contributed by atoms with Crippen LogP contribution in [-0.2, 0) is 12.0 Å². The number of nitrogens with zero attached hydrogens (tertiary/aromatic N) is 1. The summed E-state index contributed by atoms with van der Waals surface area (Å²) >= 11 is 1.78. The van der Waals surface area contributed by atoms with Crippen LogP contribution in [0.1, 0.15) is 51.7 Å². The summed E-state index contributed by atoms with van der Waals surface area (Å²) in [4.78, 5) is 4.69. The molecular formula is C14H24N2S. The Balaban J connectivity index is 1.78. The van der Waals surface area contributed by atoms with E-state index in [9.17, 15) is 0 Å². The first-order valence-corrected chi connectivity index (χ1v) is 7.32. The van der Waals surface area contributed by atoms with Crippen molar-refractivity contribution in [3.63, 3.8) is 0 Å². The molecule has 0 amide bonds. The van der Waals surface area contributed by atoms with Gasteiger partial charge in [0.25, 0.3) is 0 Å². The molecule has 96 valence electrons. The molecule has 1 N–H and O–H groups in total. The van der Waals surface area contributed by atoms with Crippen LogP contribution in [0, 0.1) is 11.3 Å². The second-order valence-electron chi connectivity index (χ2n) is 6.91. The van der Waals surface area contributed by atoms with E-state index in [2.05, 4.69) is 45.3 Å². The molecule has 0 aliphatic heterocycles. The predicted molar refractivity (Wildman–Crippen MR) is 74.4 cm³/mol. The largest absolute Gasteiger partial charge is 0.311 e. The van der Waals surface area contributed by atoms with Crippen molar-refractivity contribution in [1.82, 2.24) is 10.3 Å². The SMILES string of the molecule is CC(C)(C)c1nc(CNCC2CC2(C)C)cs1. The van der Waals surface area contributed by atoms with E-state index >= 15 is 0 Å². The van der Waals surface area contributed by atoms with Crippen LogP contribution in [0.25, 0.3) is 0 Å². The molecule has 0 spiro atoms. The van der Waals surface area contributed by atoms with Gasteiger partial charge in [-0.2, -0.15) is 0 Å². The summed E-state index contributed by atoms with van der Waals surface area (Å²) in [5.41, 5.74) is 1.95. The third kappa shape index (κ3) is 3.29. The molecule has 1 aromatic heterocycles. The maximum atomic E-state index is 4.69. The summed E-state index contributed by atoms with van der Waals surface area (Å²) in [5, 5.41) is 6.95. The minimum Gasteiger partial charge on any atom is -0.311 e. The molecule has 0 saturated heterocycles. The van der Waals surface area contributed by atoms with E-state index in [1.807, 2.05) is 0 Å². The van der Waals surface area contributed by atoms with Crippen molar-refractivity contribution in [2.24, 2.45) is 11.3 Å². The highest BCUT2D eigenvalue weighted by molar-refractivity contribution is 7.09. The van der Waals surface area contributed by atoms with Gasteiger partial charge in [-0.15, -0.1) is 11.3 Å². The van der Waals surface area contributed by atoms with Crippen molar-refractivity contribution in [3.8, 4) is 0 Å². The third-order valence-electron chi connectivity index (χ3n) is 3.61. The second-order valence-corrected chi connectivity index (χ2v) is 7.77. The fourth-order valence-corrected chi connectivity index (χ4v) is 2.94. The zero-order valence-corrected chi connectivity index (χ0v) is 12.4. The number of hydrogen-bond donors (Lipinski definition) is 1. The Morgan fingerprint density at radius 2 is 2.12 bits per heavy atom. The summed E-state index contributed by atoms with van der Waals surface area (Å²) in [6.07, 6.45) is 1.37. The summed E-state index contributed by atoms with van der Waals surface area (Å²) in [7, 11) is 0. The van der Waals surface area contributed by atoms with Gasteiger partial charge in [0.05, 0.1) is 10.7 Å². The molecule has 1 unspecified atom stereocenters. The van der Waals surface area contributed by atoms with Gasteiger partial charge in [0.15, 0.2) is 0 Å². The van der Waals surface area contributed by atoms with Crippen LogP contribution in [0.5, 0.6) is 0 Å². The molecule has 1 fully saturated rings. The molecule has 2 rings (SSSR count). The van der Waals surface area contributed by atoms with Crippen molar-refractivity contribution in [2.75, 3.05) is 6.54 Å². The third-order valence-corrected chi connectivity index (χ3v) is 4.92. The lowest BCUT2D eigenvalue weighted by atomic mass is 9.98. The topological polar surface area (TPSA) is 24.9 Å². The number of rotatable bonds is 4. The highest BCUT2D eigenvalue weighted by Crippen LogP contribution is 2.50. The van der Waals surface area contributed by atoms with Crippen molar-refractivity contribution in [2.45, 2.75) is 53.0 Å². The molecule has 1 heterocycles. The van der Waals surface area contributed by atoms with E-state index < -0.39 is 0 Å². The monoisotopic (exact) mass is 252 g/mol. The Morgan fingerprint density at radius 3 is 2.59 bits per heavy atom. The lowest BCUT2D eigenvalue weighted by Crippen LogP contribution is -2.18. The van der Waals surface area contributed by atoms with Gasteiger partial charge >= 0.3 is 0 Å². The van der Waals surface area contributed by atoms with Crippen LogP contribution in [0.2, 0.25) is 0 Å². The average Bonchev–Trinajstić information content (AvgIpc) is 2.64. The van der Waals surface area contributed by atoms with E-state index in [1.54, 1.807) is 11.3 Å². The number of nitrogens with one attached hydrogen (secondary N) is 1. The Hall–Kier alpha value is -0.410. The van der Waals surface area contributed by atoms with Crippen molar-refractivity contribution < 1.29 is 0 Å². The van der Waals surface area contributed by atoms with Gasteiger partial charge in [-0.25, -0.2) is 4.98 Å². The lowest BCUT2D eigenvalue weighted by Gasteiger charge is -2.13. The van der Waals surface area contributed by atoms with E-state index in [0.29, 0.717) is 5.41 Å². The van der Waals surface area contributed by atoms with Gasteiger partial charge in [-0.1, -0.05) is 34.6 Å². The predicted octanol–water partition coefficient (Wildman–Crippen LogP) is 3.58. The summed E-state index contributed by atoms with van der Waals surface area (Å²) < 4.78 is 0. The summed E-state index contributed by atoms with van der Waals surface area (Å²) in [6.45, 7) is 13.4. The van der Waals surface area contributed by atoms with Crippen LogP contribution in [0.4, 0.5) is 0 Å². The van der Waals surface area contributed by atoms with Crippen LogP contribution in [0.3, 0.4) is 0 Å². The molecule has 2 nitrogen and oxygen atoms in total. The van der Waals surface area contributed by atoms with Crippen molar-refractivity contribution in [3.05, 3.63) is 16.1 Å². The Labute approximate surface area is 109 Å². The van der Waals surface area contributed by atoms with Gasteiger partial charge in [0, 0.05) is 17.3 Å². The minimum absolute atomic E-state index is 0.182. The molecule has 1 aromatic rings. The molecule has 1 atom stereocenters. The van der Waals surface area contributed by atoms with Gasteiger partial charge in [0.2, 0.25) is 0 Å². The van der Waals surface area contributed by atoms with Crippen LogP contribution >= 0.6 is 11.3 Å². The fourth-order valence-electron chi connectivity index (χ4n) is 2.03. The van der Waals surface area contributed by atoms with Crippen molar-refractivity contribution >= 4 is 11.3 Å². The van der Waals surface area contributed by atoms with Gasteiger partial charge in [0.1, 0.15) is 0 Å². The summed E-state index contributed by atoms with van der Waals surface area (Å²) in [5.74, 6) is 0.864. The van der Waals surface area contributed by atoms with Crippen LogP contribution in [0.15, 0.2) is 5.38 Å². The normalized spacial score (nSPS) is 22.8. The Kier molecular flexibility index (Phi) is 3.34. The maximum Gasteiger partial charge on any atom is 0.0982 e. The fraction of sp³-hybridized carbons (Fsp3) is 0.786. The standard InChI is InChI=1S/C14H24N2S/c1-13(2,3)12-16-11(9-17-12)8-15-7-10-6-14(10,4)5/h9-10,15H,6-8H2,1-5H3. The molecular weight excluding hydrogens is 228 g/mol. The molecule has 17 heavy (non-hydrogen) atoms. The molecule has 1 aliphatic rings. The number of aromatic nitrogens is 1. The van der Waals surface area contributed by atoms with Crippen molar-refractivity contribution in [1.29, 1.82) is 0 Å². The Morgan fingerprint density at radius 1 is 1.47 bits per heavy atom. The van der Waals surface area contributed by atoms with Gasteiger partial charge < -0.3 is 5.32 Å². The molecule has 0 bridgehead atoms. The smallest absolute Gasteiger partial charge is 0.0982 e. The zero-order chi connectivity index (χ0) is 12.7. The van der Waals surface area contributed by atoms with Crippen LogP contribution < -0.4 is 5.32 Å². The zero-order valence-electron chi connectivity index (χ0n) is 11.6.